The molecule has 2 nitrogen and oxygen atoms in total. The van der Waals surface area contributed by atoms with E-state index >= 15 is 0 Å². The van der Waals surface area contributed by atoms with E-state index < -0.39 is 0 Å². The van der Waals surface area contributed by atoms with Gasteiger partial charge in [0.05, 0.1) is 5.69 Å². The Morgan fingerprint density at radius 2 is 1.02 bits per heavy atom. The highest BCUT2D eigenvalue weighted by Crippen LogP contribution is 2.55. The highest BCUT2D eigenvalue weighted by molar-refractivity contribution is 6.08. The van der Waals surface area contributed by atoms with E-state index in [2.05, 4.69) is 201 Å². The van der Waals surface area contributed by atoms with Gasteiger partial charge in [-0.2, -0.15) is 0 Å². The Labute approximate surface area is 320 Å². The molecule has 1 aromatic heterocycles. The van der Waals surface area contributed by atoms with Gasteiger partial charge in [-0.25, -0.2) is 0 Å². The number of anilines is 3. The second kappa shape index (κ2) is 12.1. The Kier molecular flexibility index (Phi) is 6.93. The molecule has 0 atom stereocenters. The zero-order valence-electron chi connectivity index (χ0n) is 30.8. The van der Waals surface area contributed by atoms with Crippen LogP contribution in [0, 0.1) is 0 Å². The fraction of sp³-hybridized carbons (Fsp3) is 0.0566. The van der Waals surface area contributed by atoms with Crippen LogP contribution in [0.2, 0.25) is 0 Å². The molecule has 260 valence electrons. The van der Waals surface area contributed by atoms with Gasteiger partial charge in [-0.15, -0.1) is 0 Å². The lowest BCUT2D eigenvalue weighted by molar-refractivity contribution is 0.661. The summed E-state index contributed by atoms with van der Waals surface area (Å²) < 4.78 is 6.31. The lowest BCUT2D eigenvalue weighted by Gasteiger charge is -2.32. The minimum absolute atomic E-state index is 0.229. The molecule has 1 heterocycles. The Morgan fingerprint density at radius 3 is 1.80 bits per heavy atom. The first kappa shape index (κ1) is 31.6. The van der Waals surface area contributed by atoms with Gasteiger partial charge in [-0.1, -0.05) is 147 Å². The molecule has 1 aliphatic carbocycles. The molecule has 0 amide bonds. The van der Waals surface area contributed by atoms with Crippen LogP contribution in [0.1, 0.15) is 25.0 Å². The van der Waals surface area contributed by atoms with Crippen LogP contribution >= 0.6 is 0 Å². The normalized spacial score (nSPS) is 13.1. The molecule has 10 aromatic rings. The number of nitrogens with zero attached hydrogens (tertiary/aromatic N) is 1. The minimum atomic E-state index is -0.229. The number of hydrogen-bond acceptors (Lipinski definition) is 2. The van der Waals surface area contributed by atoms with Crippen molar-refractivity contribution in [2.75, 3.05) is 4.90 Å². The van der Waals surface area contributed by atoms with E-state index in [9.17, 15) is 0 Å². The largest absolute Gasteiger partial charge is 0.456 e. The van der Waals surface area contributed by atoms with E-state index in [0.29, 0.717) is 0 Å². The van der Waals surface area contributed by atoms with Gasteiger partial charge < -0.3 is 9.32 Å². The Hall–Kier alpha value is -6.90. The molecule has 11 rings (SSSR count). The summed E-state index contributed by atoms with van der Waals surface area (Å²) in [5, 5.41) is 7.28. The van der Waals surface area contributed by atoms with E-state index in [1.807, 2.05) is 6.07 Å². The van der Waals surface area contributed by atoms with Crippen molar-refractivity contribution in [3.8, 4) is 33.4 Å². The predicted molar refractivity (Wildman–Crippen MR) is 232 cm³/mol. The summed E-state index contributed by atoms with van der Waals surface area (Å²) in [4.78, 5) is 2.45. The summed E-state index contributed by atoms with van der Waals surface area (Å²) in [7, 11) is 0. The lowest BCUT2D eigenvalue weighted by Crippen LogP contribution is -2.20. The first-order valence-corrected chi connectivity index (χ1v) is 19.1. The van der Waals surface area contributed by atoms with Gasteiger partial charge in [0, 0.05) is 27.6 Å². The lowest BCUT2D eigenvalue weighted by atomic mass is 9.80. The topological polar surface area (TPSA) is 16.4 Å². The first-order chi connectivity index (χ1) is 27.0. The van der Waals surface area contributed by atoms with Crippen molar-refractivity contribution >= 4 is 60.5 Å². The number of hydrogen-bond donors (Lipinski definition) is 0. The molecule has 0 saturated heterocycles. The molecule has 0 radical (unpaired) electrons. The zero-order chi connectivity index (χ0) is 36.7. The highest BCUT2D eigenvalue weighted by Gasteiger charge is 2.39. The third-order valence-corrected chi connectivity index (χ3v) is 11.8. The average Bonchev–Trinajstić information content (AvgIpc) is 3.71. The number of rotatable bonds is 5. The Morgan fingerprint density at radius 1 is 0.418 bits per heavy atom. The number of furan rings is 1. The quantitative estimate of drug-likeness (QED) is 0.177. The Balaban J connectivity index is 1.12. The molecule has 0 N–H and O–H groups in total. The fourth-order valence-electron chi connectivity index (χ4n) is 9.23. The van der Waals surface area contributed by atoms with Crippen LogP contribution in [0.4, 0.5) is 17.1 Å². The van der Waals surface area contributed by atoms with Crippen molar-refractivity contribution in [1.82, 2.24) is 0 Å². The van der Waals surface area contributed by atoms with Crippen molar-refractivity contribution in [2.45, 2.75) is 19.3 Å². The van der Waals surface area contributed by atoms with Crippen LogP contribution in [-0.4, -0.2) is 0 Å². The summed E-state index contributed by atoms with van der Waals surface area (Å²) >= 11 is 0. The molecule has 1 aliphatic rings. The molecule has 55 heavy (non-hydrogen) atoms. The van der Waals surface area contributed by atoms with Gasteiger partial charge in [0.1, 0.15) is 11.2 Å². The van der Waals surface area contributed by atoms with E-state index in [-0.39, 0.29) is 5.41 Å². The third kappa shape index (κ3) is 4.88. The van der Waals surface area contributed by atoms with Crippen LogP contribution in [-0.2, 0) is 5.41 Å². The van der Waals surface area contributed by atoms with Crippen molar-refractivity contribution in [1.29, 1.82) is 0 Å². The molecular formula is C53H37NO. The molecule has 9 aromatic carbocycles. The first-order valence-electron chi connectivity index (χ1n) is 19.1. The van der Waals surface area contributed by atoms with Crippen LogP contribution in [0.3, 0.4) is 0 Å². The number of para-hydroxylation sites is 1. The third-order valence-electron chi connectivity index (χ3n) is 11.8. The number of fused-ring (bicyclic) bond motifs is 8. The molecule has 0 aliphatic heterocycles. The molecule has 0 spiro atoms. The zero-order valence-corrected chi connectivity index (χ0v) is 30.8. The summed E-state index contributed by atoms with van der Waals surface area (Å²) in [6, 6.07) is 68.5. The summed E-state index contributed by atoms with van der Waals surface area (Å²) in [5.74, 6) is 0. The van der Waals surface area contributed by atoms with E-state index in [1.165, 1.54) is 71.7 Å². The van der Waals surface area contributed by atoms with Crippen molar-refractivity contribution < 1.29 is 4.42 Å². The van der Waals surface area contributed by atoms with E-state index in [4.69, 9.17) is 4.42 Å². The second-order valence-corrected chi connectivity index (χ2v) is 15.3. The number of benzene rings is 9. The molecule has 2 heteroatoms. The average molecular weight is 704 g/mol. The maximum atomic E-state index is 6.31. The van der Waals surface area contributed by atoms with Crippen molar-refractivity contribution in [2.24, 2.45) is 0 Å². The van der Waals surface area contributed by atoms with Crippen LogP contribution in [0.5, 0.6) is 0 Å². The second-order valence-electron chi connectivity index (χ2n) is 15.3. The van der Waals surface area contributed by atoms with E-state index in [0.717, 1.165) is 33.3 Å². The minimum Gasteiger partial charge on any atom is -0.456 e. The molecule has 0 saturated carbocycles. The maximum Gasteiger partial charge on any atom is 0.135 e. The summed E-state index contributed by atoms with van der Waals surface area (Å²) in [5.41, 5.74) is 15.1. The summed E-state index contributed by atoms with van der Waals surface area (Å²) in [6.07, 6.45) is 0. The van der Waals surface area contributed by atoms with Crippen LogP contribution < -0.4 is 4.90 Å². The maximum absolute atomic E-state index is 6.31. The smallest absolute Gasteiger partial charge is 0.135 e. The van der Waals surface area contributed by atoms with Crippen molar-refractivity contribution in [3.63, 3.8) is 0 Å². The molecular weight excluding hydrogens is 667 g/mol. The van der Waals surface area contributed by atoms with Gasteiger partial charge in [-0.05, 0) is 121 Å². The fourth-order valence-corrected chi connectivity index (χ4v) is 9.23. The highest BCUT2D eigenvalue weighted by atomic mass is 16.3. The van der Waals surface area contributed by atoms with Crippen molar-refractivity contribution in [3.05, 3.63) is 199 Å². The Bertz CT molecular complexity index is 3110. The molecule has 0 fully saturated rings. The van der Waals surface area contributed by atoms with Gasteiger partial charge in [0.2, 0.25) is 0 Å². The van der Waals surface area contributed by atoms with Gasteiger partial charge in [0.15, 0.2) is 0 Å². The van der Waals surface area contributed by atoms with Gasteiger partial charge in [0.25, 0.3) is 0 Å². The van der Waals surface area contributed by atoms with Gasteiger partial charge >= 0.3 is 0 Å². The SMILES string of the molecule is CC1(C)c2cc3ccccc3cc2-c2cccc(N(c3ccc(-c4cccc5cccc(-c6ccccc6)c45)cc3)c3ccc4oc5ccccc5c4c3)c21. The molecule has 0 unspecified atom stereocenters. The summed E-state index contributed by atoms with van der Waals surface area (Å²) in [6.45, 7) is 4.77. The van der Waals surface area contributed by atoms with Gasteiger partial charge in [-0.3, -0.25) is 0 Å². The monoisotopic (exact) mass is 703 g/mol. The predicted octanol–water partition coefficient (Wildman–Crippen LogP) is 15.0. The van der Waals surface area contributed by atoms with Crippen LogP contribution in [0.15, 0.2) is 192 Å². The van der Waals surface area contributed by atoms with Crippen LogP contribution in [0.25, 0.3) is 76.9 Å². The van der Waals surface area contributed by atoms with E-state index in [1.54, 1.807) is 0 Å². The standard InChI is InChI=1S/C53H37NO/c1-53(2)47-32-38-16-7-6-15-37(38)31-45(47)44-22-12-23-48(52(44)53)54(40-29-30-50-46(33-40)43-19-8-9-24-49(43)55-50)39-27-25-35(26-28-39)42-21-11-18-36-17-10-20-41(51(36)42)34-13-4-3-5-14-34/h3-33H,1-2H3. The molecule has 0 bridgehead atoms.